The third-order valence-electron chi connectivity index (χ3n) is 5.09. The van der Waals surface area contributed by atoms with Gasteiger partial charge in [0.1, 0.15) is 10.7 Å². The van der Waals surface area contributed by atoms with Crippen LogP contribution in [0.25, 0.3) is 5.57 Å². The molecule has 0 radical (unpaired) electrons. The van der Waals surface area contributed by atoms with Crippen LogP contribution in [0.15, 0.2) is 48.5 Å². The largest absolute Gasteiger partial charge is 0.507 e. The van der Waals surface area contributed by atoms with Crippen LogP contribution in [-0.4, -0.2) is 10.1 Å². The monoisotopic (exact) mass is 406 g/mol. The summed E-state index contributed by atoms with van der Waals surface area (Å²) in [5, 5.41) is 23.5. The molecule has 1 atom stereocenters. The summed E-state index contributed by atoms with van der Waals surface area (Å²) in [6.45, 7) is 10.3. The number of aromatic hydroxyl groups is 1. The number of allylic oxidation sites excluding steroid dienone is 1. The number of phenols is 1. The minimum Gasteiger partial charge on any atom is -0.507 e. The SMILES string of the molecule is CCC(NC(=S)/C(=C/C#N)c1cc(C(C)C)c(O)c(C(C)C)c1)c1ccccc1. The Balaban J connectivity index is 2.47. The number of nitrogens with zero attached hydrogens (tertiary/aromatic N) is 1. The summed E-state index contributed by atoms with van der Waals surface area (Å²) in [7, 11) is 0. The first-order chi connectivity index (χ1) is 13.8. The third-order valence-corrected chi connectivity index (χ3v) is 5.43. The van der Waals surface area contributed by atoms with Gasteiger partial charge in [-0.15, -0.1) is 0 Å². The van der Waals surface area contributed by atoms with E-state index in [4.69, 9.17) is 12.2 Å². The average Bonchev–Trinajstić information content (AvgIpc) is 2.70. The van der Waals surface area contributed by atoms with E-state index >= 15 is 0 Å². The molecule has 29 heavy (non-hydrogen) atoms. The molecule has 2 aromatic carbocycles. The molecule has 1 unspecified atom stereocenters. The van der Waals surface area contributed by atoms with E-state index in [0.717, 1.165) is 28.7 Å². The molecule has 0 heterocycles. The summed E-state index contributed by atoms with van der Waals surface area (Å²) >= 11 is 5.72. The second-order valence-electron chi connectivity index (χ2n) is 7.84. The van der Waals surface area contributed by atoms with E-state index in [1.165, 1.54) is 6.08 Å². The minimum atomic E-state index is 0.0667. The fraction of sp³-hybridized carbons (Fsp3) is 0.360. The summed E-state index contributed by atoms with van der Waals surface area (Å²) < 4.78 is 0. The van der Waals surface area contributed by atoms with E-state index < -0.39 is 0 Å². The molecule has 152 valence electrons. The highest BCUT2D eigenvalue weighted by Crippen LogP contribution is 2.37. The van der Waals surface area contributed by atoms with Gasteiger partial charge in [-0.25, -0.2) is 0 Å². The Morgan fingerprint density at radius 2 is 1.66 bits per heavy atom. The smallest absolute Gasteiger partial charge is 0.122 e. The first-order valence-corrected chi connectivity index (χ1v) is 10.5. The molecule has 0 saturated heterocycles. The molecule has 0 aliphatic heterocycles. The first-order valence-electron chi connectivity index (χ1n) is 10.1. The molecule has 0 aromatic heterocycles. The first kappa shape index (κ1) is 22.6. The van der Waals surface area contributed by atoms with Crippen LogP contribution in [0.3, 0.4) is 0 Å². The van der Waals surface area contributed by atoms with Gasteiger partial charge in [0, 0.05) is 11.6 Å². The lowest BCUT2D eigenvalue weighted by Gasteiger charge is -2.22. The fourth-order valence-electron chi connectivity index (χ4n) is 3.40. The van der Waals surface area contributed by atoms with Gasteiger partial charge in [-0.2, -0.15) is 5.26 Å². The Morgan fingerprint density at radius 1 is 1.10 bits per heavy atom. The molecule has 2 aromatic rings. The predicted molar refractivity (Wildman–Crippen MR) is 125 cm³/mol. The normalized spacial score (nSPS) is 12.7. The van der Waals surface area contributed by atoms with Gasteiger partial charge in [0.25, 0.3) is 0 Å². The number of thiocarbonyl (C=S) groups is 1. The Morgan fingerprint density at radius 3 is 2.10 bits per heavy atom. The zero-order valence-electron chi connectivity index (χ0n) is 17.9. The lowest BCUT2D eigenvalue weighted by Crippen LogP contribution is -2.27. The summed E-state index contributed by atoms with van der Waals surface area (Å²) in [5.74, 6) is 0.653. The number of rotatable bonds is 7. The molecule has 0 spiro atoms. The van der Waals surface area contributed by atoms with Crippen LogP contribution >= 0.6 is 12.2 Å². The summed E-state index contributed by atoms with van der Waals surface area (Å²) in [6, 6.07) is 16.3. The van der Waals surface area contributed by atoms with Crippen LogP contribution in [0.2, 0.25) is 0 Å². The van der Waals surface area contributed by atoms with Crippen LogP contribution in [0.1, 0.15) is 81.2 Å². The van der Waals surface area contributed by atoms with Gasteiger partial charge in [-0.05, 0) is 52.6 Å². The van der Waals surface area contributed by atoms with E-state index in [9.17, 15) is 10.4 Å². The van der Waals surface area contributed by atoms with Crippen LogP contribution < -0.4 is 5.32 Å². The second kappa shape index (κ2) is 10.2. The lowest BCUT2D eigenvalue weighted by atomic mass is 9.89. The Hall–Kier alpha value is -2.64. The van der Waals surface area contributed by atoms with Crippen molar-refractivity contribution >= 4 is 22.8 Å². The van der Waals surface area contributed by atoms with Crippen molar-refractivity contribution in [3.05, 3.63) is 70.8 Å². The van der Waals surface area contributed by atoms with E-state index in [2.05, 4.69) is 58.1 Å². The molecule has 0 saturated carbocycles. The summed E-state index contributed by atoms with van der Waals surface area (Å²) in [6.07, 6.45) is 2.36. The predicted octanol–water partition coefficient (Wildman–Crippen LogP) is 6.61. The zero-order valence-corrected chi connectivity index (χ0v) is 18.7. The molecule has 3 nitrogen and oxygen atoms in total. The van der Waals surface area contributed by atoms with Crippen molar-refractivity contribution in [3.63, 3.8) is 0 Å². The highest BCUT2D eigenvalue weighted by atomic mass is 32.1. The number of hydrogen-bond donors (Lipinski definition) is 2. The maximum Gasteiger partial charge on any atom is 0.122 e. The average molecular weight is 407 g/mol. The van der Waals surface area contributed by atoms with Crippen LogP contribution in [-0.2, 0) is 0 Å². The summed E-state index contributed by atoms with van der Waals surface area (Å²) in [4.78, 5) is 0.539. The molecule has 0 aliphatic rings. The van der Waals surface area contributed by atoms with E-state index in [1.54, 1.807) is 0 Å². The number of benzene rings is 2. The van der Waals surface area contributed by atoms with Crippen molar-refractivity contribution in [2.45, 2.75) is 58.9 Å². The summed E-state index contributed by atoms with van der Waals surface area (Å²) in [5.41, 5.74) is 4.43. The van der Waals surface area contributed by atoms with Crippen molar-refractivity contribution < 1.29 is 5.11 Å². The number of nitrogens with one attached hydrogen (secondary N) is 1. The van der Waals surface area contributed by atoms with Gasteiger partial charge in [0.05, 0.1) is 12.1 Å². The highest BCUT2D eigenvalue weighted by molar-refractivity contribution is 7.81. The van der Waals surface area contributed by atoms with Crippen molar-refractivity contribution in [2.75, 3.05) is 0 Å². The van der Waals surface area contributed by atoms with Crippen LogP contribution in [0, 0.1) is 11.3 Å². The molecule has 0 aliphatic carbocycles. The van der Waals surface area contributed by atoms with Gasteiger partial charge < -0.3 is 10.4 Å². The fourth-order valence-corrected chi connectivity index (χ4v) is 3.72. The van der Waals surface area contributed by atoms with E-state index in [1.807, 2.05) is 30.3 Å². The van der Waals surface area contributed by atoms with E-state index in [0.29, 0.717) is 16.3 Å². The molecular formula is C25H30N2OS. The second-order valence-corrected chi connectivity index (χ2v) is 8.25. The third kappa shape index (κ3) is 5.46. The van der Waals surface area contributed by atoms with Crippen molar-refractivity contribution in [3.8, 4) is 11.8 Å². The maximum atomic E-state index is 10.7. The molecular weight excluding hydrogens is 376 g/mol. The number of hydrogen-bond acceptors (Lipinski definition) is 3. The van der Waals surface area contributed by atoms with Crippen molar-refractivity contribution in [2.24, 2.45) is 0 Å². The molecule has 4 heteroatoms. The molecule has 2 rings (SSSR count). The highest BCUT2D eigenvalue weighted by Gasteiger charge is 2.20. The molecule has 0 fully saturated rings. The van der Waals surface area contributed by atoms with Gasteiger partial charge in [-0.3, -0.25) is 0 Å². The standard InChI is InChI=1S/C25H30N2OS/c1-6-23(18-10-8-7-9-11-18)27-25(29)20(12-13-26)19-14-21(16(2)3)24(28)22(15-19)17(4)5/h7-12,14-17,23,28H,6H2,1-5H3,(H,27,29)/b20-12+. The molecule has 0 bridgehead atoms. The van der Waals surface area contributed by atoms with Crippen molar-refractivity contribution in [1.82, 2.24) is 5.32 Å². The Kier molecular flexibility index (Phi) is 7.99. The van der Waals surface area contributed by atoms with Gasteiger partial charge in [0.2, 0.25) is 0 Å². The Bertz CT molecular complexity index is 895. The molecule has 2 N–H and O–H groups in total. The van der Waals surface area contributed by atoms with Crippen LogP contribution in [0.5, 0.6) is 5.75 Å². The molecule has 0 amide bonds. The number of nitriles is 1. The van der Waals surface area contributed by atoms with Gasteiger partial charge in [-0.1, -0.05) is 77.2 Å². The van der Waals surface area contributed by atoms with Crippen LogP contribution in [0.4, 0.5) is 0 Å². The minimum absolute atomic E-state index is 0.0667. The van der Waals surface area contributed by atoms with E-state index in [-0.39, 0.29) is 17.9 Å². The zero-order chi connectivity index (χ0) is 21.6. The maximum absolute atomic E-state index is 10.7. The topological polar surface area (TPSA) is 56.0 Å². The van der Waals surface area contributed by atoms with Crippen molar-refractivity contribution in [1.29, 1.82) is 5.26 Å². The van der Waals surface area contributed by atoms with Gasteiger partial charge in [0.15, 0.2) is 0 Å². The Labute approximate surface area is 180 Å². The lowest BCUT2D eigenvalue weighted by molar-refractivity contribution is 0.454. The quantitative estimate of drug-likeness (QED) is 0.308. The van der Waals surface area contributed by atoms with Gasteiger partial charge >= 0.3 is 0 Å². The number of phenolic OH excluding ortho intramolecular Hbond substituents is 1.